The van der Waals surface area contributed by atoms with E-state index in [2.05, 4.69) is 5.09 Å². The van der Waals surface area contributed by atoms with Crippen LogP contribution in [0.1, 0.15) is 26.3 Å². The van der Waals surface area contributed by atoms with Gasteiger partial charge in [-0.3, -0.25) is 4.79 Å². The molecule has 0 aromatic heterocycles. The monoisotopic (exact) mass is 367 g/mol. The van der Waals surface area contributed by atoms with Gasteiger partial charge < -0.3 is 9.26 Å². The summed E-state index contributed by atoms with van der Waals surface area (Å²) in [6.45, 7) is 5.94. The molecular formula is C18H23ClNO3P. The Balaban J connectivity index is 0.00000139. The third-order valence-electron chi connectivity index (χ3n) is 2.80. The molecule has 4 nitrogen and oxygen atoms in total. The molecule has 6 heteroatoms. The minimum Gasteiger partial charge on any atom is -0.460 e. The second kappa shape index (κ2) is 11.9. The van der Waals surface area contributed by atoms with E-state index in [1.54, 1.807) is 19.1 Å². The largest absolute Gasteiger partial charge is 0.460 e. The fourth-order valence-corrected chi connectivity index (χ4v) is 3.11. The minimum absolute atomic E-state index is 0.242. The van der Waals surface area contributed by atoms with Crippen LogP contribution >= 0.6 is 18.9 Å². The van der Waals surface area contributed by atoms with Crippen molar-refractivity contribution in [3.63, 3.8) is 0 Å². The number of esters is 1. The van der Waals surface area contributed by atoms with E-state index in [1.165, 1.54) is 0 Å². The van der Waals surface area contributed by atoms with Crippen LogP contribution in [0.4, 0.5) is 0 Å². The van der Waals surface area contributed by atoms with E-state index in [4.69, 9.17) is 20.5 Å². The second-order valence-corrected chi connectivity index (χ2v) is 6.44. The zero-order valence-electron chi connectivity index (χ0n) is 14.1. The topological polar surface area (TPSA) is 47.6 Å². The summed E-state index contributed by atoms with van der Waals surface area (Å²) >= 11 is 6.10. The predicted octanol–water partition coefficient (Wildman–Crippen LogP) is 5.28. The molecule has 0 aliphatic heterocycles. The Morgan fingerprint density at radius 1 is 1.08 bits per heavy atom. The first-order valence-corrected chi connectivity index (χ1v) is 9.97. The van der Waals surface area contributed by atoms with Crippen molar-refractivity contribution in [2.45, 2.75) is 33.4 Å². The Hall–Kier alpha value is -1.61. The number of nitrogens with one attached hydrogen (secondary N) is 1. The maximum Gasteiger partial charge on any atom is 0.323 e. The smallest absolute Gasteiger partial charge is 0.323 e. The average molecular weight is 368 g/mol. The lowest BCUT2D eigenvalue weighted by molar-refractivity contribution is -0.146. The molecule has 130 valence electrons. The van der Waals surface area contributed by atoms with E-state index in [9.17, 15) is 4.79 Å². The van der Waals surface area contributed by atoms with Crippen molar-refractivity contribution in [2.24, 2.45) is 0 Å². The molecule has 2 rings (SSSR count). The van der Waals surface area contributed by atoms with Crippen LogP contribution in [0, 0.1) is 0 Å². The van der Waals surface area contributed by atoms with Gasteiger partial charge in [0, 0.05) is 0 Å². The van der Waals surface area contributed by atoms with Crippen LogP contribution in [0.15, 0.2) is 60.7 Å². The number of halogens is 1. The van der Waals surface area contributed by atoms with Crippen LogP contribution < -0.4 is 9.61 Å². The Kier molecular flexibility index (Phi) is 10.1. The van der Waals surface area contributed by atoms with Crippen molar-refractivity contribution in [1.29, 1.82) is 0 Å². The number of rotatable bonds is 7. The van der Waals surface area contributed by atoms with Gasteiger partial charge in [0.2, 0.25) is 0 Å². The summed E-state index contributed by atoms with van der Waals surface area (Å²) in [5.74, 6) is 0.287. The molecule has 1 N–H and O–H groups in total. The first-order chi connectivity index (χ1) is 11.6. The highest BCUT2D eigenvalue weighted by Gasteiger charge is 2.19. The lowest BCUT2D eigenvalue weighted by Gasteiger charge is -2.17. The SMILES string of the molecule is CC.C[C@H](NP(Cl)Oc1ccccc1)C(=O)OCc1ccccc1. The highest BCUT2D eigenvalue weighted by Crippen LogP contribution is 2.39. The maximum atomic E-state index is 11.9. The lowest BCUT2D eigenvalue weighted by atomic mass is 10.2. The molecular weight excluding hydrogens is 345 g/mol. The Labute approximate surface area is 149 Å². The molecule has 2 atom stereocenters. The molecule has 0 saturated heterocycles. The fourth-order valence-electron chi connectivity index (χ4n) is 1.66. The summed E-state index contributed by atoms with van der Waals surface area (Å²) in [6.07, 6.45) is 0. The van der Waals surface area contributed by atoms with E-state index < -0.39 is 13.7 Å². The van der Waals surface area contributed by atoms with Crippen LogP contribution in [-0.2, 0) is 16.1 Å². The highest BCUT2D eigenvalue weighted by molar-refractivity contribution is 7.78. The molecule has 0 aliphatic rings. The Morgan fingerprint density at radius 3 is 2.21 bits per heavy atom. The number of carbonyl (C=O) groups is 1. The lowest BCUT2D eigenvalue weighted by Crippen LogP contribution is -2.31. The van der Waals surface area contributed by atoms with Crippen LogP contribution in [0.2, 0.25) is 0 Å². The van der Waals surface area contributed by atoms with Crippen molar-refractivity contribution >= 4 is 24.9 Å². The van der Waals surface area contributed by atoms with Gasteiger partial charge in [-0.2, -0.15) is 0 Å². The van der Waals surface area contributed by atoms with E-state index in [0.717, 1.165) is 5.56 Å². The van der Waals surface area contributed by atoms with E-state index in [-0.39, 0.29) is 12.6 Å². The number of hydrogen-bond donors (Lipinski definition) is 1. The minimum atomic E-state index is -1.47. The molecule has 1 unspecified atom stereocenters. The molecule has 0 radical (unpaired) electrons. The van der Waals surface area contributed by atoms with Crippen LogP contribution in [0.3, 0.4) is 0 Å². The van der Waals surface area contributed by atoms with Crippen LogP contribution in [0.5, 0.6) is 5.75 Å². The summed E-state index contributed by atoms with van der Waals surface area (Å²) in [7, 11) is -1.47. The van der Waals surface area contributed by atoms with Gasteiger partial charge in [-0.05, 0) is 35.9 Å². The van der Waals surface area contributed by atoms with Gasteiger partial charge in [-0.1, -0.05) is 62.4 Å². The molecule has 2 aromatic rings. The summed E-state index contributed by atoms with van der Waals surface area (Å²) in [6, 6.07) is 18.2. The molecule has 0 bridgehead atoms. The molecule has 0 spiro atoms. The van der Waals surface area contributed by atoms with Crippen LogP contribution in [0.25, 0.3) is 0 Å². The molecule has 0 saturated carbocycles. The molecule has 2 aromatic carbocycles. The Morgan fingerprint density at radius 2 is 1.62 bits per heavy atom. The van der Waals surface area contributed by atoms with Gasteiger partial charge in [0.15, 0.2) is 0 Å². The second-order valence-electron chi connectivity index (χ2n) is 4.59. The molecule has 0 heterocycles. The normalized spacial score (nSPS) is 12.3. The zero-order valence-corrected chi connectivity index (χ0v) is 15.8. The quantitative estimate of drug-likeness (QED) is 0.534. The zero-order chi connectivity index (χ0) is 17.8. The van der Waals surface area contributed by atoms with Crippen LogP contribution in [-0.4, -0.2) is 12.0 Å². The molecule has 24 heavy (non-hydrogen) atoms. The van der Waals surface area contributed by atoms with Gasteiger partial charge in [0.25, 0.3) is 7.65 Å². The van der Waals surface area contributed by atoms with E-state index in [0.29, 0.717) is 5.75 Å². The van der Waals surface area contributed by atoms with Gasteiger partial charge in [0.05, 0.1) is 0 Å². The highest BCUT2D eigenvalue weighted by atomic mass is 35.7. The predicted molar refractivity (Wildman–Crippen MR) is 100 cm³/mol. The summed E-state index contributed by atoms with van der Waals surface area (Å²) in [5.41, 5.74) is 0.941. The summed E-state index contributed by atoms with van der Waals surface area (Å²) in [5, 5.41) is 2.90. The van der Waals surface area contributed by atoms with E-state index in [1.807, 2.05) is 62.4 Å². The number of carbonyl (C=O) groups excluding carboxylic acids is 1. The third-order valence-corrected chi connectivity index (χ3v) is 4.26. The van der Waals surface area contributed by atoms with Crippen molar-refractivity contribution in [3.05, 3.63) is 66.2 Å². The average Bonchev–Trinajstić information content (AvgIpc) is 2.63. The van der Waals surface area contributed by atoms with E-state index >= 15 is 0 Å². The first kappa shape index (κ1) is 20.4. The van der Waals surface area contributed by atoms with Gasteiger partial charge >= 0.3 is 5.97 Å². The standard InChI is InChI=1S/C16H17ClNO3P.C2H6/c1-13(16(19)20-12-14-8-4-2-5-9-14)18-22(17)21-15-10-6-3-7-11-15;1-2/h2-11,13,18H,12H2,1H3;1-2H3/t13-,22?;/m0./s1. The first-order valence-electron chi connectivity index (χ1n) is 7.81. The van der Waals surface area contributed by atoms with Crippen molar-refractivity contribution < 1.29 is 14.1 Å². The van der Waals surface area contributed by atoms with Gasteiger partial charge in [-0.25, -0.2) is 5.09 Å². The van der Waals surface area contributed by atoms with Crippen molar-refractivity contribution in [3.8, 4) is 5.75 Å². The third kappa shape index (κ3) is 7.78. The number of hydrogen-bond acceptors (Lipinski definition) is 4. The summed E-state index contributed by atoms with van der Waals surface area (Å²) < 4.78 is 10.7. The van der Waals surface area contributed by atoms with Gasteiger partial charge in [0.1, 0.15) is 18.4 Å². The fraction of sp³-hybridized carbons (Fsp3) is 0.278. The number of para-hydroxylation sites is 1. The number of benzene rings is 2. The molecule has 0 aliphatic carbocycles. The molecule has 0 fully saturated rings. The van der Waals surface area contributed by atoms with Crippen molar-refractivity contribution in [2.75, 3.05) is 0 Å². The maximum absolute atomic E-state index is 11.9. The Bertz CT molecular complexity index is 583. The number of ether oxygens (including phenoxy) is 1. The molecule has 0 amide bonds. The summed E-state index contributed by atoms with van der Waals surface area (Å²) in [4.78, 5) is 11.9. The van der Waals surface area contributed by atoms with Crippen molar-refractivity contribution in [1.82, 2.24) is 5.09 Å². The van der Waals surface area contributed by atoms with Gasteiger partial charge in [-0.15, -0.1) is 0 Å².